The molecule has 0 saturated heterocycles. The zero-order valence-electron chi connectivity index (χ0n) is 18.5. The van der Waals surface area contributed by atoms with Crippen molar-refractivity contribution in [1.29, 1.82) is 0 Å². The van der Waals surface area contributed by atoms with E-state index < -0.39 is 8.32 Å². The lowest BCUT2D eigenvalue weighted by molar-refractivity contribution is 0.0387. The average molecular weight is 377 g/mol. The molecule has 1 aromatic rings. The van der Waals surface area contributed by atoms with Crippen molar-refractivity contribution >= 4 is 8.32 Å². The first-order chi connectivity index (χ1) is 12.1. The predicted molar refractivity (Wildman–Crippen MR) is 115 cm³/mol. The minimum atomic E-state index is -1.92. The zero-order valence-corrected chi connectivity index (χ0v) is 19.5. The molecule has 0 atom stereocenters. The van der Waals surface area contributed by atoms with E-state index in [9.17, 15) is 0 Å². The van der Waals surface area contributed by atoms with Crippen LogP contribution in [0.2, 0.25) is 16.6 Å². The van der Waals surface area contributed by atoms with Crippen LogP contribution in [0, 0.1) is 0 Å². The van der Waals surface area contributed by atoms with Crippen LogP contribution in [-0.4, -0.2) is 14.9 Å². The Kier molecular flexibility index (Phi) is 6.66. The van der Waals surface area contributed by atoms with E-state index in [1.807, 2.05) is 0 Å². The third-order valence-electron chi connectivity index (χ3n) is 6.26. The van der Waals surface area contributed by atoms with Gasteiger partial charge in [-0.25, -0.2) is 0 Å². The lowest BCUT2D eigenvalue weighted by Crippen LogP contribution is -2.50. The van der Waals surface area contributed by atoms with Crippen LogP contribution in [0.15, 0.2) is 18.2 Å². The van der Waals surface area contributed by atoms with E-state index in [0.29, 0.717) is 22.5 Å². The van der Waals surface area contributed by atoms with Crippen LogP contribution in [0.1, 0.15) is 92.2 Å². The van der Waals surface area contributed by atoms with E-state index in [4.69, 9.17) is 9.16 Å². The van der Waals surface area contributed by atoms with Gasteiger partial charge in [-0.15, -0.1) is 0 Å². The van der Waals surface area contributed by atoms with Crippen LogP contribution >= 0.6 is 0 Å². The maximum atomic E-state index is 6.92. The fourth-order valence-corrected chi connectivity index (χ4v) is 10.2. The molecule has 0 bridgehead atoms. The molecule has 1 saturated carbocycles. The molecule has 0 spiro atoms. The summed E-state index contributed by atoms with van der Waals surface area (Å²) in [6, 6.07) is 6.80. The molecule has 0 radical (unpaired) electrons. The molecular weight excluding hydrogens is 336 g/mol. The predicted octanol–water partition coefficient (Wildman–Crippen LogP) is 7.39. The maximum absolute atomic E-state index is 6.92. The van der Waals surface area contributed by atoms with E-state index >= 15 is 0 Å². The second-order valence-electron chi connectivity index (χ2n) is 9.25. The monoisotopic (exact) mass is 376 g/mol. The molecule has 3 heteroatoms. The maximum Gasteiger partial charge on any atom is 0.258 e. The van der Waals surface area contributed by atoms with Gasteiger partial charge in [0.05, 0.1) is 5.60 Å². The second-order valence-corrected chi connectivity index (χ2v) is 14.6. The van der Waals surface area contributed by atoms with Crippen molar-refractivity contribution in [2.24, 2.45) is 0 Å². The highest BCUT2D eigenvalue weighted by Gasteiger charge is 2.48. The van der Waals surface area contributed by atoms with Crippen molar-refractivity contribution in [3.8, 4) is 5.75 Å². The number of hydrogen-bond acceptors (Lipinski definition) is 2. The molecule has 1 aliphatic carbocycles. The van der Waals surface area contributed by atoms with Gasteiger partial charge in [0, 0.05) is 6.61 Å². The average Bonchev–Trinajstić information content (AvgIpc) is 3.32. The molecule has 2 rings (SSSR count). The normalized spacial score (nSPS) is 16.8. The molecular formula is C23H40O2Si. The van der Waals surface area contributed by atoms with Crippen LogP contribution in [0.3, 0.4) is 0 Å². The van der Waals surface area contributed by atoms with Crippen molar-refractivity contribution < 1.29 is 9.16 Å². The number of hydrogen-bond donors (Lipinski definition) is 0. The van der Waals surface area contributed by atoms with Gasteiger partial charge in [-0.3, -0.25) is 0 Å². The molecule has 0 heterocycles. The highest BCUT2D eigenvalue weighted by atomic mass is 28.4. The largest absolute Gasteiger partial charge is 0.543 e. The molecule has 0 N–H and O–H groups in total. The molecule has 2 nitrogen and oxygen atoms in total. The first kappa shape index (κ1) is 21.5. The summed E-state index contributed by atoms with van der Waals surface area (Å²) in [5.41, 5.74) is 4.50. The van der Waals surface area contributed by atoms with Crippen molar-refractivity contribution in [1.82, 2.24) is 0 Å². The zero-order chi connectivity index (χ0) is 19.7. The SMILES string of the molecule is CCOC1(c2ccc(O[Si](C(C)C)(C(C)C)C(C)C)cc2C(C)C)CC1. The summed E-state index contributed by atoms with van der Waals surface area (Å²) >= 11 is 0. The topological polar surface area (TPSA) is 18.5 Å². The Bertz CT molecular complexity index is 578. The molecule has 1 fully saturated rings. The van der Waals surface area contributed by atoms with E-state index in [0.717, 1.165) is 25.2 Å². The minimum absolute atomic E-state index is 0.0322. The molecule has 26 heavy (non-hydrogen) atoms. The van der Waals surface area contributed by atoms with Crippen molar-refractivity contribution in [2.75, 3.05) is 6.61 Å². The summed E-state index contributed by atoms with van der Waals surface area (Å²) in [5.74, 6) is 1.53. The molecule has 0 amide bonds. The highest BCUT2D eigenvalue weighted by Crippen LogP contribution is 2.52. The van der Waals surface area contributed by atoms with E-state index in [1.54, 1.807) is 0 Å². The number of rotatable bonds is 9. The van der Waals surface area contributed by atoms with Gasteiger partial charge in [-0.2, -0.15) is 0 Å². The molecule has 0 aromatic heterocycles. The summed E-state index contributed by atoms with van der Waals surface area (Å²) < 4.78 is 13.1. The lowest BCUT2D eigenvalue weighted by atomic mass is 9.92. The summed E-state index contributed by atoms with van der Waals surface area (Å²) in [6.07, 6.45) is 2.28. The van der Waals surface area contributed by atoms with Crippen LogP contribution < -0.4 is 4.43 Å². The molecule has 0 aliphatic heterocycles. The Morgan fingerprint density at radius 1 is 0.923 bits per heavy atom. The summed E-state index contributed by atoms with van der Waals surface area (Å²) in [6.45, 7) is 21.5. The summed E-state index contributed by atoms with van der Waals surface area (Å²) in [7, 11) is -1.92. The molecule has 0 unspecified atom stereocenters. The smallest absolute Gasteiger partial charge is 0.258 e. The summed E-state index contributed by atoms with van der Waals surface area (Å²) in [4.78, 5) is 0. The van der Waals surface area contributed by atoms with Crippen LogP contribution in [-0.2, 0) is 10.3 Å². The quantitative estimate of drug-likeness (QED) is 0.418. The van der Waals surface area contributed by atoms with Crippen LogP contribution in [0.4, 0.5) is 0 Å². The van der Waals surface area contributed by atoms with Gasteiger partial charge in [0.2, 0.25) is 0 Å². The molecule has 148 valence electrons. The lowest BCUT2D eigenvalue weighted by Gasteiger charge is -2.42. The standard InChI is InChI=1S/C23H40O2Si/c1-10-24-23(13-14-23)22-12-11-20(15-21(22)16(2)3)25-26(17(4)5,18(6)7)19(8)9/h11-12,15-19H,10,13-14H2,1-9H3. The first-order valence-electron chi connectivity index (χ1n) is 10.6. The van der Waals surface area contributed by atoms with Crippen molar-refractivity contribution in [3.05, 3.63) is 29.3 Å². The Balaban J connectivity index is 2.43. The fraction of sp³-hybridized carbons (Fsp3) is 0.739. The Hall–Kier alpha value is -0.803. The fourth-order valence-electron chi connectivity index (χ4n) is 4.94. The van der Waals surface area contributed by atoms with E-state index in [1.165, 1.54) is 11.1 Å². The molecule has 1 aliphatic rings. The highest BCUT2D eigenvalue weighted by molar-refractivity contribution is 6.78. The first-order valence-corrected chi connectivity index (χ1v) is 12.7. The van der Waals surface area contributed by atoms with Gasteiger partial charge in [-0.1, -0.05) is 61.5 Å². The Morgan fingerprint density at radius 3 is 1.85 bits per heavy atom. The van der Waals surface area contributed by atoms with Gasteiger partial charge in [-0.05, 0) is 65.6 Å². The van der Waals surface area contributed by atoms with Gasteiger partial charge >= 0.3 is 0 Å². The van der Waals surface area contributed by atoms with Gasteiger partial charge in [0.25, 0.3) is 8.32 Å². The third-order valence-corrected chi connectivity index (χ3v) is 12.3. The van der Waals surface area contributed by atoms with Crippen molar-refractivity contribution in [3.63, 3.8) is 0 Å². The molecule has 1 aromatic carbocycles. The van der Waals surface area contributed by atoms with E-state index in [-0.39, 0.29) is 5.60 Å². The van der Waals surface area contributed by atoms with E-state index in [2.05, 4.69) is 80.5 Å². The number of ether oxygens (including phenoxy) is 1. The third kappa shape index (κ3) is 3.89. The van der Waals surface area contributed by atoms with Gasteiger partial charge in [0.1, 0.15) is 5.75 Å². The van der Waals surface area contributed by atoms with Gasteiger partial charge in [0.15, 0.2) is 0 Å². The Labute approximate surface area is 162 Å². The second kappa shape index (κ2) is 8.06. The van der Waals surface area contributed by atoms with Crippen molar-refractivity contribution in [2.45, 2.75) is 103 Å². The van der Waals surface area contributed by atoms with Crippen LogP contribution in [0.25, 0.3) is 0 Å². The Morgan fingerprint density at radius 2 is 1.46 bits per heavy atom. The summed E-state index contributed by atoms with van der Waals surface area (Å²) in [5, 5.41) is 0. The number of benzene rings is 1. The van der Waals surface area contributed by atoms with Crippen LogP contribution in [0.5, 0.6) is 5.75 Å². The van der Waals surface area contributed by atoms with Gasteiger partial charge < -0.3 is 9.16 Å². The minimum Gasteiger partial charge on any atom is -0.543 e.